The van der Waals surface area contributed by atoms with Crippen LogP contribution >= 0.6 is 17.2 Å². The third-order valence-corrected chi connectivity index (χ3v) is 14.8. The fourth-order valence-corrected chi connectivity index (χ4v) is 12.7. The van der Waals surface area contributed by atoms with E-state index in [1.165, 1.54) is 61.4 Å². The number of hydrogen-bond donors (Lipinski definition) is 2. The van der Waals surface area contributed by atoms with E-state index in [-0.39, 0.29) is 23.4 Å². The van der Waals surface area contributed by atoms with Gasteiger partial charge in [-0.15, -0.1) is 9.24 Å². The number of nitrogens with one attached hydrogen (secondary N) is 2. The first-order valence-electron chi connectivity index (χ1n) is 16.1. The molecule has 2 aliphatic heterocycles. The molecule has 0 bridgehead atoms. The van der Waals surface area contributed by atoms with Gasteiger partial charge in [-0.3, -0.25) is 0 Å². The standard InChI is InChI=1S/C37H54N2P2/c1-35(2,3)41(36(4,5)6)26-30-31(37(40,32-21-13-15-23-38-32)33-22-14-16-24-39-33)25-29(27-17-9-7-10-18-27)34(30)28-19-11-8-12-20-28/h7-12,17-20,25,30,32-33,38-39H,13-16,21-24,26,40H2,1-6H3. The normalized spacial score (nSPS) is 25.8. The lowest BCUT2D eigenvalue weighted by molar-refractivity contribution is 0.256. The summed E-state index contributed by atoms with van der Waals surface area (Å²) in [5, 5.41) is 8.64. The van der Waals surface area contributed by atoms with Gasteiger partial charge in [-0.2, -0.15) is 0 Å². The number of rotatable bonds is 7. The van der Waals surface area contributed by atoms with Gasteiger partial charge in [0, 0.05) is 23.2 Å². The minimum absolute atomic E-state index is 0.0289. The van der Waals surface area contributed by atoms with Crippen LogP contribution in [0.4, 0.5) is 0 Å². The van der Waals surface area contributed by atoms with Crippen LogP contribution in [0, 0.1) is 5.92 Å². The first-order valence-corrected chi connectivity index (χ1v) is 18.2. The van der Waals surface area contributed by atoms with Crippen LogP contribution in [0.2, 0.25) is 0 Å². The molecule has 0 saturated carbocycles. The van der Waals surface area contributed by atoms with Gasteiger partial charge in [0.15, 0.2) is 0 Å². The Hall–Kier alpha value is -1.30. The van der Waals surface area contributed by atoms with Gasteiger partial charge < -0.3 is 10.6 Å². The Morgan fingerprint density at radius 2 is 1.20 bits per heavy atom. The van der Waals surface area contributed by atoms with Crippen molar-refractivity contribution >= 4 is 28.3 Å². The van der Waals surface area contributed by atoms with Crippen LogP contribution in [0.5, 0.6) is 0 Å². The number of hydrogen-bond acceptors (Lipinski definition) is 2. The maximum absolute atomic E-state index is 4.06. The Morgan fingerprint density at radius 3 is 1.63 bits per heavy atom. The van der Waals surface area contributed by atoms with Gasteiger partial charge >= 0.3 is 0 Å². The highest BCUT2D eigenvalue weighted by Gasteiger charge is 2.51. The molecule has 5 rings (SSSR count). The fraction of sp³-hybridized carbons (Fsp3) is 0.568. The van der Waals surface area contributed by atoms with Crippen LogP contribution in [-0.4, -0.2) is 46.8 Å². The van der Waals surface area contributed by atoms with Crippen molar-refractivity contribution in [1.82, 2.24) is 10.6 Å². The van der Waals surface area contributed by atoms with Crippen molar-refractivity contribution in [3.8, 4) is 0 Å². The van der Waals surface area contributed by atoms with Gasteiger partial charge in [-0.1, -0.05) is 129 Å². The molecule has 2 heterocycles. The lowest BCUT2D eigenvalue weighted by atomic mass is 9.73. The minimum Gasteiger partial charge on any atom is -0.313 e. The SMILES string of the molecule is CC(C)(C)P(CC1C(C(P)(C2CCCCN2)C2CCCCN2)=CC(c2ccccc2)=C1c1ccccc1)C(C)(C)C. The molecular formula is C37H54N2P2. The molecule has 2 N–H and O–H groups in total. The Labute approximate surface area is 254 Å². The van der Waals surface area contributed by atoms with Crippen molar-refractivity contribution in [2.75, 3.05) is 19.3 Å². The Balaban J connectivity index is 1.74. The Morgan fingerprint density at radius 1 is 0.707 bits per heavy atom. The van der Waals surface area contributed by atoms with Crippen molar-refractivity contribution in [3.63, 3.8) is 0 Å². The molecule has 2 saturated heterocycles. The highest BCUT2D eigenvalue weighted by molar-refractivity contribution is 7.60. The van der Waals surface area contributed by atoms with Gasteiger partial charge in [-0.05, 0) is 83.1 Å². The maximum atomic E-state index is 4.06. The van der Waals surface area contributed by atoms with Crippen LogP contribution in [0.3, 0.4) is 0 Å². The number of piperidine rings is 2. The highest BCUT2D eigenvalue weighted by atomic mass is 31.1. The van der Waals surface area contributed by atoms with Gasteiger partial charge in [0.05, 0.1) is 0 Å². The molecule has 41 heavy (non-hydrogen) atoms. The summed E-state index contributed by atoms with van der Waals surface area (Å²) in [6, 6.07) is 23.5. The molecule has 0 spiro atoms. The molecule has 3 aliphatic rings. The average Bonchev–Trinajstić information content (AvgIpc) is 3.36. The van der Waals surface area contributed by atoms with Gasteiger partial charge in [0.25, 0.3) is 0 Å². The summed E-state index contributed by atoms with van der Waals surface area (Å²) in [6.45, 7) is 17.2. The third kappa shape index (κ3) is 6.63. The smallest absolute Gasteiger partial charge is 0.0371 e. The molecule has 4 unspecified atom stereocenters. The predicted octanol–water partition coefficient (Wildman–Crippen LogP) is 9.13. The highest BCUT2D eigenvalue weighted by Crippen LogP contribution is 2.64. The first-order chi connectivity index (χ1) is 19.5. The van der Waals surface area contributed by atoms with Crippen LogP contribution in [0.15, 0.2) is 72.3 Å². The van der Waals surface area contributed by atoms with E-state index < -0.39 is 0 Å². The monoisotopic (exact) mass is 588 g/mol. The summed E-state index contributed by atoms with van der Waals surface area (Å²) >= 11 is 0. The van der Waals surface area contributed by atoms with E-state index in [2.05, 4.69) is 128 Å². The van der Waals surface area contributed by atoms with Crippen LogP contribution in [0.1, 0.15) is 91.2 Å². The minimum atomic E-state index is -0.292. The fourth-order valence-electron chi connectivity index (χ4n) is 8.03. The van der Waals surface area contributed by atoms with Gasteiger partial charge in [0.1, 0.15) is 0 Å². The molecule has 2 aromatic carbocycles. The largest absolute Gasteiger partial charge is 0.313 e. The molecule has 2 nitrogen and oxygen atoms in total. The number of allylic oxidation sites excluding steroid dienone is 3. The topological polar surface area (TPSA) is 24.1 Å². The van der Waals surface area contributed by atoms with Crippen molar-refractivity contribution in [2.24, 2.45) is 5.92 Å². The van der Waals surface area contributed by atoms with Crippen LogP contribution < -0.4 is 10.6 Å². The molecular weight excluding hydrogens is 534 g/mol. The van der Waals surface area contributed by atoms with Crippen LogP contribution in [-0.2, 0) is 0 Å². The van der Waals surface area contributed by atoms with E-state index in [0.29, 0.717) is 18.0 Å². The van der Waals surface area contributed by atoms with E-state index in [4.69, 9.17) is 0 Å². The van der Waals surface area contributed by atoms with E-state index >= 15 is 0 Å². The zero-order valence-corrected chi connectivity index (χ0v) is 28.5. The summed E-state index contributed by atoms with van der Waals surface area (Å²) in [7, 11) is 3.24. The second-order valence-corrected chi connectivity index (χ2v) is 19.5. The molecule has 2 fully saturated rings. The molecule has 0 aromatic heterocycles. The van der Waals surface area contributed by atoms with Gasteiger partial charge in [-0.25, -0.2) is 0 Å². The van der Waals surface area contributed by atoms with Crippen molar-refractivity contribution in [3.05, 3.63) is 83.4 Å². The van der Waals surface area contributed by atoms with Crippen molar-refractivity contribution < 1.29 is 0 Å². The average molecular weight is 589 g/mol. The third-order valence-electron chi connectivity index (χ3n) is 9.74. The molecule has 1 aliphatic carbocycles. The molecule has 0 radical (unpaired) electrons. The Bertz CT molecular complexity index is 1180. The molecule has 2 aromatic rings. The Kier molecular flexibility index (Phi) is 9.68. The first kappa shape index (κ1) is 31.1. The zero-order valence-electron chi connectivity index (χ0n) is 26.5. The number of benzene rings is 2. The lowest BCUT2D eigenvalue weighted by Crippen LogP contribution is -2.62. The van der Waals surface area contributed by atoms with Crippen molar-refractivity contribution in [1.29, 1.82) is 0 Å². The summed E-state index contributed by atoms with van der Waals surface area (Å²) in [5.41, 5.74) is 7.38. The lowest BCUT2D eigenvalue weighted by Gasteiger charge is -2.51. The van der Waals surface area contributed by atoms with Crippen LogP contribution in [0.25, 0.3) is 11.1 Å². The van der Waals surface area contributed by atoms with Crippen molar-refractivity contribution in [2.45, 2.75) is 108 Å². The second-order valence-electron chi connectivity index (χ2n) is 14.6. The van der Waals surface area contributed by atoms with Gasteiger partial charge in [0.2, 0.25) is 0 Å². The van der Waals surface area contributed by atoms with E-state index in [9.17, 15) is 0 Å². The second kappa shape index (κ2) is 12.7. The maximum Gasteiger partial charge on any atom is 0.0371 e. The van der Waals surface area contributed by atoms with E-state index in [0.717, 1.165) is 13.1 Å². The molecule has 4 atom stereocenters. The summed E-state index contributed by atoms with van der Waals surface area (Å²) in [6.07, 6.45) is 11.6. The quantitative estimate of drug-likeness (QED) is 0.315. The summed E-state index contributed by atoms with van der Waals surface area (Å²) < 4.78 is 0. The summed E-state index contributed by atoms with van der Waals surface area (Å²) in [4.78, 5) is 0. The molecule has 0 amide bonds. The molecule has 222 valence electrons. The van der Waals surface area contributed by atoms with E-state index in [1.807, 2.05) is 0 Å². The predicted molar refractivity (Wildman–Crippen MR) is 186 cm³/mol. The van der Waals surface area contributed by atoms with E-state index in [1.54, 1.807) is 11.1 Å². The summed E-state index contributed by atoms with van der Waals surface area (Å²) in [5.74, 6) is 0.391. The zero-order chi connectivity index (χ0) is 29.3. The molecule has 4 heteroatoms.